The SMILES string of the molecule is Cc1cc(Br)c(S(=O)(=O)Nc2ncc(Br)s2)cc1Br. The van der Waals surface area contributed by atoms with E-state index in [-0.39, 0.29) is 4.90 Å². The number of benzene rings is 1. The third-order valence-corrected chi connectivity index (χ3v) is 6.87. The molecule has 19 heavy (non-hydrogen) atoms. The number of thiazole rings is 1. The highest BCUT2D eigenvalue weighted by Gasteiger charge is 2.20. The Labute approximate surface area is 140 Å². The first kappa shape index (κ1) is 15.4. The molecule has 1 aromatic carbocycles. The molecule has 1 heterocycles. The van der Waals surface area contributed by atoms with E-state index in [4.69, 9.17) is 0 Å². The number of nitrogens with one attached hydrogen (secondary N) is 1. The third kappa shape index (κ3) is 3.57. The summed E-state index contributed by atoms with van der Waals surface area (Å²) in [4.78, 5) is 4.11. The first-order valence-corrected chi connectivity index (χ1v) is 9.57. The number of aromatic nitrogens is 1. The predicted molar refractivity (Wildman–Crippen MR) is 87.2 cm³/mol. The van der Waals surface area contributed by atoms with Gasteiger partial charge in [0.25, 0.3) is 10.0 Å². The van der Waals surface area contributed by atoms with Crippen LogP contribution in [0.1, 0.15) is 5.56 Å². The molecule has 0 bridgehead atoms. The molecule has 0 amide bonds. The van der Waals surface area contributed by atoms with Gasteiger partial charge in [0.05, 0.1) is 9.98 Å². The first-order chi connectivity index (χ1) is 8.79. The zero-order chi connectivity index (χ0) is 14.2. The molecule has 4 nitrogen and oxygen atoms in total. The van der Waals surface area contributed by atoms with Crippen LogP contribution >= 0.6 is 59.1 Å². The molecular weight excluding hydrogens is 484 g/mol. The highest BCUT2D eigenvalue weighted by Crippen LogP contribution is 2.31. The van der Waals surface area contributed by atoms with E-state index in [1.54, 1.807) is 18.3 Å². The highest BCUT2D eigenvalue weighted by molar-refractivity contribution is 9.11. The van der Waals surface area contributed by atoms with Crippen molar-refractivity contribution in [2.24, 2.45) is 0 Å². The van der Waals surface area contributed by atoms with Crippen molar-refractivity contribution < 1.29 is 8.42 Å². The van der Waals surface area contributed by atoms with E-state index in [1.165, 1.54) is 11.3 Å². The Kier molecular flexibility index (Phi) is 4.71. The van der Waals surface area contributed by atoms with Crippen molar-refractivity contribution in [1.82, 2.24) is 4.98 Å². The molecule has 0 saturated carbocycles. The van der Waals surface area contributed by atoms with Gasteiger partial charge in [-0.1, -0.05) is 27.3 Å². The Morgan fingerprint density at radius 2 is 1.89 bits per heavy atom. The number of rotatable bonds is 3. The Morgan fingerprint density at radius 1 is 1.21 bits per heavy atom. The maximum Gasteiger partial charge on any atom is 0.264 e. The van der Waals surface area contributed by atoms with E-state index >= 15 is 0 Å². The molecule has 0 fully saturated rings. The predicted octanol–water partition coefficient (Wildman–Crippen LogP) is 4.54. The number of anilines is 1. The average molecular weight is 491 g/mol. The molecule has 0 atom stereocenters. The molecular formula is C10H7Br3N2O2S2. The summed E-state index contributed by atoms with van der Waals surface area (Å²) >= 11 is 11.0. The standard InChI is InChI=1S/C10H7Br3N2O2S2/c1-5-2-7(12)8(3-6(5)11)19(16,17)15-10-14-4-9(13)18-10/h2-4H,1H3,(H,14,15). The molecule has 0 aliphatic rings. The van der Waals surface area contributed by atoms with E-state index in [0.29, 0.717) is 9.60 Å². The number of halogens is 3. The summed E-state index contributed by atoms with van der Waals surface area (Å²) in [5.74, 6) is 0. The molecule has 9 heteroatoms. The van der Waals surface area contributed by atoms with Crippen molar-refractivity contribution in [3.05, 3.63) is 36.6 Å². The molecule has 2 rings (SSSR count). The second-order valence-corrected chi connectivity index (χ2v) is 9.38. The molecule has 0 saturated heterocycles. The second-order valence-electron chi connectivity index (χ2n) is 3.61. The Hall–Kier alpha value is 0.0400. The van der Waals surface area contributed by atoms with Crippen molar-refractivity contribution in [2.75, 3.05) is 4.72 Å². The average Bonchev–Trinajstić information content (AvgIpc) is 2.68. The zero-order valence-corrected chi connectivity index (χ0v) is 15.8. The van der Waals surface area contributed by atoms with Crippen LogP contribution in [-0.2, 0) is 10.0 Å². The molecule has 2 aromatic rings. The second kappa shape index (κ2) is 5.80. The van der Waals surface area contributed by atoms with E-state index in [1.807, 2.05) is 6.92 Å². The monoisotopic (exact) mass is 488 g/mol. The lowest BCUT2D eigenvalue weighted by Crippen LogP contribution is -2.13. The number of hydrogen-bond acceptors (Lipinski definition) is 4. The third-order valence-electron chi connectivity index (χ3n) is 2.20. The van der Waals surface area contributed by atoms with Gasteiger partial charge in [0.2, 0.25) is 0 Å². The van der Waals surface area contributed by atoms with Crippen LogP contribution in [0.5, 0.6) is 0 Å². The van der Waals surface area contributed by atoms with Gasteiger partial charge in [-0.05, 0) is 56.5 Å². The van der Waals surface area contributed by atoms with Gasteiger partial charge in [-0.3, -0.25) is 4.72 Å². The minimum absolute atomic E-state index is 0.163. The summed E-state index contributed by atoms with van der Waals surface area (Å²) in [6.07, 6.45) is 1.54. The van der Waals surface area contributed by atoms with Gasteiger partial charge in [-0.15, -0.1) is 0 Å². The van der Waals surface area contributed by atoms with E-state index in [9.17, 15) is 8.42 Å². The van der Waals surface area contributed by atoms with Gasteiger partial charge in [0.1, 0.15) is 4.90 Å². The zero-order valence-electron chi connectivity index (χ0n) is 9.45. The fraction of sp³-hybridized carbons (Fsp3) is 0.100. The van der Waals surface area contributed by atoms with Crippen LogP contribution in [0, 0.1) is 6.92 Å². The lowest BCUT2D eigenvalue weighted by Gasteiger charge is -2.09. The molecule has 102 valence electrons. The van der Waals surface area contributed by atoms with Gasteiger partial charge in [-0.2, -0.15) is 0 Å². The Balaban J connectivity index is 2.42. The van der Waals surface area contributed by atoms with Crippen molar-refractivity contribution in [1.29, 1.82) is 0 Å². The van der Waals surface area contributed by atoms with Crippen LogP contribution in [0.25, 0.3) is 0 Å². The summed E-state index contributed by atoms with van der Waals surface area (Å²) in [5, 5.41) is 0.315. The van der Waals surface area contributed by atoms with Crippen LogP contribution in [0.15, 0.2) is 36.0 Å². The smallest absolute Gasteiger partial charge is 0.255 e. The topological polar surface area (TPSA) is 59.1 Å². The maximum atomic E-state index is 12.3. The van der Waals surface area contributed by atoms with Crippen LogP contribution in [-0.4, -0.2) is 13.4 Å². The van der Waals surface area contributed by atoms with Crippen LogP contribution < -0.4 is 4.72 Å². The summed E-state index contributed by atoms with van der Waals surface area (Å²) < 4.78 is 29.0. The van der Waals surface area contributed by atoms with Gasteiger partial charge in [0.15, 0.2) is 5.13 Å². The van der Waals surface area contributed by atoms with Crippen LogP contribution in [0.3, 0.4) is 0 Å². The molecule has 0 radical (unpaired) electrons. The number of aryl methyl sites for hydroxylation is 1. The summed E-state index contributed by atoms with van der Waals surface area (Å²) in [6, 6.07) is 3.31. The normalized spacial score (nSPS) is 11.6. The molecule has 0 spiro atoms. The van der Waals surface area contributed by atoms with E-state index in [0.717, 1.165) is 13.8 Å². The maximum absolute atomic E-state index is 12.3. The minimum Gasteiger partial charge on any atom is -0.255 e. The molecule has 0 unspecified atom stereocenters. The number of sulfonamides is 1. The molecule has 1 N–H and O–H groups in total. The molecule has 0 aliphatic heterocycles. The largest absolute Gasteiger partial charge is 0.264 e. The Bertz CT molecular complexity index is 728. The first-order valence-electron chi connectivity index (χ1n) is 4.89. The summed E-state index contributed by atoms with van der Waals surface area (Å²) in [7, 11) is -3.67. The van der Waals surface area contributed by atoms with E-state index < -0.39 is 10.0 Å². The molecule has 1 aromatic heterocycles. The number of nitrogens with zero attached hydrogens (tertiary/aromatic N) is 1. The van der Waals surface area contributed by atoms with Crippen molar-refractivity contribution >= 4 is 74.3 Å². The van der Waals surface area contributed by atoms with Crippen LogP contribution in [0.2, 0.25) is 0 Å². The van der Waals surface area contributed by atoms with Gasteiger partial charge in [-0.25, -0.2) is 13.4 Å². The highest BCUT2D eigenvalue weighted by atomic mass is 79.9. The Morgan fingerprint density at radius 3 is 2.47 bits per heavy atom. The molecule has 0 aliphatic carbocycles. The lowest BCUT2D eigenvalue weighted by atomic mass is 10.2. The summed E-state index contributed by atoms with van der Waals surface area (Å²) in [5.41, 5.74) is 0.947. The fourth-order valence-electron chi connectivity index (χ4n) is 1.31. The minimum atomic E-state index is -3.67. The van der Waals surface area contributed by atoms with Crippen molar-refractivity contribution in [3.8, 4) is 0 Å². The van der Waals surface area contributed by atoms with Crippen LogP contribution in [0.4, 0.5) is 5.13 Å². The number of hydrogen-bond donors (Lipinski definition) is 1. The summed E-state index contributed by atoms with van der Waals surface area (Å²) in [6.45, 7) is 1.89. The fourth-order valence-corrected chi connectivity index (χ4v) is 5.33. The van der Waals surface area contributed by atoms with E-state index in [2.05, 4.69) is 57.5 Å². The van der Waals surface area contributed by atoms with Crippen molar-refractivity contribution in [3.63, 3.8) is 0 Å². The van der Waals surface area contributed by atoms with Gasteiger partial charge in [0, 0.05) is 8.95 Å². The van der Waals surface area contributed by atoms with Gasteiger partial charge < -0.3 is 0 Å². The lowest BCUT2D eigenvalue weighted by molar-refractivity contribution is 0.600. The quantitative estimate of drug-likeness (QED) is 0.687. The van der Waals surface area contributed by atoms with Gasteiger partial charge >= 0.3 is 0 Å². The van der Waals surface area contributed by atoms with Crippen molar-refractivity contribution in [2.45, 2.75) is 11.8 Å².